The molecule has 0 amide bonds. The Morgan fingerprint density at radius 1 is 1.04 bits per heavy atom. The number of rotatable bonds is 7. The molecule has 0 fully saturated rings. The van der Waals surface area contributed by atoms with E-state index in [2.05, 4.69) is 44.0 Å². The van der Waals surface area contributed by atoms with Gasteiger partial charge >= 0.3 is 0 Å². The standard InChI is InChI=1S/C22H26O/c1-5-10-17-18-13-8-9-14-19(18)21(12-7-3)22(16(4)15-23)20(17)11-6-2/h5-9,13-14,21,23H,1-3,10-12,15H2,4H3. The number of benzene rings is 1. The minimum Gasteiger partial charge on any atom is -0.392 e. The average Bonchev–Trinajstić information content (AvgIpc) is 2.58. The molecule has 1 aromatic carbocycles. The van der Waals surface area contributed by atoms with E-state index in [0.29, 0.717) is 0 Å². The molecule has 1 aliphatic carbocycles. The Kier molecular flexibility index (Phi) is 5.95. The van der Waals surface area contributed by atoms with Crippen LogP contribution in [0.4, 0.5) is 0 Å². The number of allylic oxidation sites excluding steroid dienone is 6. The zero-order chi connectivity index (χ0) is 16.8. The third kappa shape index (κ3) is 3.30. The maximum atomic E-state index is 9.77. The first-order valence-electron chi connectivity index (χ1n) is 8.14. The first kappa shape index (κ1) is 17.2. The lowest BCUT2D eigenvalue weighted by Crippen LogP contribution is -2.16. The zero-order valence-electron chi connectivity index (χ0n) is 14.0. The molecular formula is C22H26O. The second kappa shape index (κ2) is 7.94. The summed E-state index contributed by atoms with van der Waals surface area (Å²) in [5.41, 5.74) is 7.49. The van der Waals surface area contributed by atoms with E-state index in [4.69, 9.17) is 0 Å². The van der Waals surface area contributed by atoms with Crippen LogP contribution in [0.15, 0.2) is 78.9 Å². The summed E-state index contributed by atoms with van der Waals surface area (Å²) in [6.45, 7) is 13.9. The van der Waals surface area contributed by atoms with Gasteiger partial charge in [0, 0.05) is 5.92 Å². The average molecular weight is 306 g/mol. The Balaban J connectivity index is 2.82. The molecule has 1 heteroatoms. The highest BCUT2D eigenvalue weighted by Crippen LogP contribution is 2.47. The molecule has 0 radical (unpaired) electrons. The summed E-state index contributed by atoms with van der Waals surface area (Å²) in [4.78, 5) is 0. The summed E-state index contributed by atoms with van der Waals surface area (Å²) in [6, 6.07) is 8.57. The van der Waals surface area contributed by atoms with E-state index >= 15 is 0 Å². The molecule has 2 rings (SSSR count). The van der Waals surface area contributed by atoms with Gasteiger partial charge in [0.25, 0.3) is 0 Å². The fourth-order valence-corrected chi connectivity index (χ4v) is 3.57. The van der Waals surface area contributed by atoms with Gasteiger partial charge in [-0.3, -0.25) is 0 Å². The van der Waals surface area contributed by atoms with Crippen LogP contribution >= 0.6 is 0 Å². The molecule has 0 saturated heterocycles. The molecule has 1 unspecified atom stereocenters. The Morgan fingerprint density at radius 3 is 2.30 bits per heavy atom. The predicted octanol–water partition coefficient (Wildman–Crippen LogP) is 5.57. The number of hydrogen-bond acceptors (Lipinski definition) is 1. The maximum absolute atomic E-state index is 9.77. The van der Waals surface area contributed by atoms with E-state index in [1.807, 2.05) is 25.2 Å². The normalized spacial score (nSPS) is 19.1. The third-order valence-corrected chi connectivity index (χ3v) is 4.50. The quantitative estimate of drug-likeness (QED) is 0.652. The minimum atomic E-state index is 0.0765. The molecule has 1 aliphatic rings. The second-order valence-electron chi connectivity index (χ2n) is 5.96. The Morgan fingerprint density at radius 2 is 1.70 bits per heavy atom. The first-order chi connectivity index (χ1) is 11.2. The van der Waals surface area contributed by atoms with Crippen LogP contribution in [-0.2, 0) is 0 Å². The van der Waals surface area contributed by atoms with Crippen LogP contribution in [0.1, 0.15) is 43.2 Å². The van der Waals surface area contributed by atoms with Crippen LogP contribution in [-0.4, -0.2) is 11.7 Å². The van der Waals surface area contributed by atoms with Crippen molar-refractivity contribution in [3.8, 4) is 0 Å². The highest BCUT2D eigenvalue weighted by Gasteiger charge is 2.30. The van der Waals surface area contributed by atoms with Crippen LogP contribution in [0.25, 0.3) is 5.57 Å². The van der Waals surface area contributed by atoms with E-state index in [-0.39, 0.29) is 12.5 Å². The largest absolute Gasteiger partial charge is 0.392 e. The monoisotopic (exact) mass is 306 g/mol. The zero-order valence-corrected chi connectivity index (χ0v) is 14.0. The van der Waals surface area contributed by atoms with Crippen molar-refractivity contribution in [2.24, 2.45) is 0 Å². The molecule has 0 bridgehead atoms. The molecule has 1 N–H and O–H groups in total. The summed E-state index contributed by atoms with van der Waals surface area (Å²) >= 11 is 0. The summed E-state index contributed by atoms with van der Waals surface area (Å²) in [5.74, 6) is 0.249. The highest BCUT2D eigenvalue weighted by atomic mass is 16.3. The van der Waals surface area contributed by atoms with Gasteiger partial charge in [-0.25, -0.2) is 0 Å². The minimum absolute atomic E-state index is 0.0765. The van der Waals surface area contributed by atoms with Crippen molar-refractivity contribution >= 4 is 5.57 Å². The summed E-state index contributed by atoms with van der Waals surface area (Å²) in [6.07, 6.45) is 8.36. The van der Waals surface area contributed by atoms with Crippen LogP contribution in [0.2, 0.25) is 0 Å². The first-order valence-corrected chi connectivity index (χ1v) is 8.14. The van der Waals surface area contributed by atoms with E-state index in [9.17, 15) is 5.11 Å². The molecular weight excluding hydrogens is 280 g/mol. The van der Waals surface area contributed by atoms with Gasteiger partial charge < -0.3 is 5.11 Å². The van der Waals surface area contributed by atoms with Crippen molar-refractivity contribution in [3.05, 3.63) is 90.1 Å². The van der Waals surface area contributed by atoms with E-state index in [1.54, 1.807) is 0 Å². The van der Waals surface area contributed by atoms with Crippen molar-refractivity contribution in [1.29, 1.82) is 0 Å². The van der Waals surface area contributed by atoms with Crippen molar-refractivity contribution in [3.63, 3.8) is 0 Å². The van der Waals surface area contributed by atoms with Crippen molar-refractivity contribution in [2.45, 2.75) is 32.1 Å². The molecule has 1 aromatic rings. The molecule has 0 spiro atoms. The number of hydrogen-bond donors (Lipinski definition) is 1. The molecule has 0 aliphatic heterocycles. The lowest BCUT2D eigenvalue weighted by Gasteiger charge is -2.33. The Hall–Kier alpha value is -2.12. The van der Waals surface area contributed by atoms with Crippen LogP contribution in [0.5, 0.6) is 0 Å². The van der Waals surface area contributed by atoms with Crippen molar-refractivity contribution in [1.82, 2.24) is 0 Å². The fraction of sp³-hybridized carbons (Fsp3) is 0.273. The van der Waals surface area contributed by atoms with Crippen LogP contribution in [0, 0.1) is 0 Å². The topological polar surface area (TPSA) is 20.2 Å². The Labute approximate surface area is 140 Å². The molecule has 0 heterocycles. The summed E-state index contributed by atoms with van der Waals surface area (Å²) < 4.78 is 0. The van der Waals surface area contributed by atoms with Crippen molar-refractivity contribution < 1.29 is 5.11 Å². The van der Waals surface area contributed by atoms with Crippen LogP contribution in [0.3, 0.4) is 0 Å². The van der Waals surface area contributed by atoms with Gasteiger partial charge in [0.1, 0.15) is 0 Å². The van der Waals surface area contributed by atoms with Crippen molar-refractivity contribution in [2.75, 3.05) is 6.61 Å². The number of fused-ring (bicyclic) bond motifs is 1. The van der Waals surface area contributed by atoms with E-state index in [1.165, 1.54) is 27.8 Å². The molecule has 120 valence electrons. The number of aliphatic hydroxyl groups is 1. The summed E-state index contributed by atoms with van der Waals surface area (Å²) in [5, 5.41) is 9.77. The molecule has 1 atom stereocenters. The molecule has 1 nitrogen and oxygen atoms in total. The predicted molar refractivity (Wildman–Crippen MR) is 100 cm³/mol. The molecule has 23 heavy (non-hydrogen) atoms. The van der Waals surface area contributed by atoms with Gasteiger partial charge in [-0.15, -0.1) is 19.7 Å². The molecule has 0 saturated carbocycles. The highest BCUT2D eigenvalue weighted by molar-refractivity contribution is 5.80. The van der Waals surface area contributed by atoms with Gasteiger partial charge in [-0.1, -0.05) is 42.5 Å². The van der Waals surface area contributed by atoms with Gasteiger partial charge in [-0.2, -0.15) is 0 Å². The van der Waals surface area contributed by atoms with Gasteiger partial charge in [-0.05, 0) is 59.6 Å². The third-order valence-electron chi connectivity index (χ3n) is 4.50. The number of aliphatic hydroxyl groups excluding tert-OH is 1. The van der Waals surface area contributed by atoms with Gasteiger partial charge in [0.15, 0.2) is 0 Å². The lowest BCUT2D eigenvalue weighted by atomic mass is 9.71. The SMILES string of the molecule is C=CCC1=C(CC=C)c2ccccc2C(CC=C)C1=C(C)CO. The van der Waals surface area contributed by atoms with Crippen LogP contribution < -0.4 is 0 Å². The second-order valence-corrected chi connectivity index (χ2v) is 5.96. The van der Waals surface area contributed by atoms with E-state index < -0.39 is 0 Å². The summed E-state index contributed by atoms with van der Waals surface area (Å²) in [7, 11) is 0. The Bertz CT molecular complexity index is 673. The lowest BCUT2D eigenvalue weighted by molar-refractivity contribution is 0.329. The maximum Gasteiger partial charge on any atom is 0.0645 e. The fourth-order valence-electron chi connectivity index (χ4n) is 3.57. The van der Waals surface area contributed by atoms with Gasteiger partial charge in [0.2, 0.25) is 0 Å². The van der Waals surface area contributed by atoms with E-state index in [0.717, 1.165) is 24.8 Å². The molecule has 0 aromatic heterocycles. The smallest absolute Gasteiger partial charge is 0.0645 e. The van der Waals surface area contributed by atoms with Gasteiger partial charge in [0.05, 0.1) is 6.61 Å².